The molecule has 0 saturated heterocycles. The van der Waals surface area contributed by atoms with E-state index in [1.165, 1.54) is 0 Å². The smallest absolute Gasteiger partial charge is 0.241 e. The summed E-state index contributed by atoms with van der Waals surface area (Å²) in [5.74, 6) is -0.319. The van der Waals surface area contributed by atoms with Crippen LogP contribution in [0.2, 0.25) is 0 Å². The Bertz CT molecular complexity index is 865. The fraction of sp³-hybridized carbons (Fsp3) is 0.278. The molecule has 25 heavy (non-hydrogen) atoms. The van der Waals surface area contributed by atoms with E-state index >= 15 is 0 Å². The number of sulfonamides is 1. The fourth-order valence-electron chi connectivity index (χ4n) is 2.52. The van der Waals surface area contributed by atoms with Crippen molar-refractivity contribution in [2.75, 3.05) is 17.1 Å². The molecule has 1 atom stereocenters. The van der Waals surface area contributed by atoms with Crippen molar-refractivity contribution in [2.45, 2.75) is 19.9 Å². The molecule has 0 aliphatic rings. The highest BCUT2D eigenvalue weighted by molar-refractivity contribution is 7.92. The number of phenols is 1. The summed E-state index contributed by atoms with van der Waals surface area (Å²) in [6.07, 6.45) is 1.07. The summed E-state index contributed by atoms with van der Waals surface area (Å²) in [6, 6.07) is 13.2. The number of nitrogens with zero attached hydrogens (tertiary/aromatic N) is 1. The summed E-state index contributed by atoms with van der Waals surface area (Å²) >= 11 is 0. The van der Waals surface area contributed by atoms with E-state index in [2.05, 4.69) is 5.32 Å². The molecule has 6 nitrogen and oxygen atoms in total. The van der Waals surface area contributed by atoms with Gasteiger partial charge in [-0.25, -0.2) is 8.42 Å². The molecule has 2 aromatic rings. The first-order chi connectivity index (χ1) is 11.7. The van der Waals surface area contributed by atoms with Crippen molar-refractivity contribution in [2.24, 2.45) is 0 Å². The highest BCUT2D eigenvalue weighted by Crippen LogP contribution is 2.22. The molecule has 0 fully saturated rings. The second kappa shape index (κ2) is 7.57. The number of carbonyl (C=O) groups excluding carboxylic acids is 1. The third-order valence-electron chi connectivity index (χ3n) is 3.82. The number of phenolic OH excluding ortho intramolecular Hbond substituents is 1. The van der Waals surface area contributed by atoms with Crippen molar-refractivity contribution in [3.8, 4) is 5.75 Å². The van der Waals surface area contributed by atoms with Crippen LogP contribution in [-0.2, 0) is 14.8 Å². The number of benzene rings is 2. The highest BCUT2D eigenvalue weighted by Gasteiger charge is 2.23. The van der Waals surface area contributed by atoms with Gasteiger partial charge >= 0.3 is 0 Å². The van der Waals surface area contributed by atoms with Crippen LogP contribution in [0.1, 0.15) is 24.1 Å². The van der Waals surface area contributed by atoms with Crippen molar-refractivity contribution in [3.63, 3.8) is 0 Å². The van der Waals surface area contributed by atoms with Gasteiger partial charge in [-0.2, -0.15) is 0 Å². The molecule has 0 radical (unpaired) electrons. The molecule has 0 spiro atoms. The number of nitrogens with one attached hydrogen (secondary N) is 1. The van der Waals surface area contributed by atoms with Crippen LogP contribution >= 0.6 is 0 Å². The van der Waals surface area contributed by atoms with Gasteiger partial charge in [0.1, 0.15) is 12.3 Å². The third-order valence-corrected chi connectivity index (χ3v) is 4.95. The first-order valence-electron chi connectivity index (χ1n) is 7.80. The van der Waals surface area contributed by atoms with E-state index in [1.807, 2.05) is 6.07 Å². The lowest BCUT2D eigenvalue weighted by atomic mass is 10.1. The number of rotatable bonds is 6. The Balaban J connectivity index is 2.17. The minimum absolute atomic E-state index is 0.108. The number of aromatic hydroxyl groups is 1. The summed E-state index contributed by atoms with van der Waals surface area (Å²) in [5, 5.41) is 12.3. The molecule has 0 aliphatic carbocycles. The molecule has 0 aliphatic heterocycles. The van der Waals surface area contributed by atoms with E-state index < -0.39 is 15.9 Å². The van der Waals surface area contributed by atoms with Crippen LogP contribution in [0.5, 0.6) is 5.75 Å². The zero-order valence-corrected chi connectivity index (χ0v) is 15.2. The molecule has 0 saturated carbocycles. The van der Waals surface area contributed by atoms with Gasteiger partial charge in [-0.15, -0.1) is 0 Å². The number of amides is 1. The zero-order valence-electron chi connectivity index (χ0n) is 14.4. The average Bonchev–Trinajstić information content (AvgIpc) is 2.52. The van der Waals surface area contributed by atoms with Crippen molar-refractivity contribution in [1.29, 1.82) is 0 Å². The van der Waals surface area contributed by atoms with Crippen LogP contribution < -0.4 is 9.62 Å². The van der Waals surface area contributed by atoms with Crippen LogP contribution in [0.4, 0.5) is 5.69 Å². The van der Waals surface area contributed by atoms with Gasteiger partial charge in [-0.1, -0.05) is 30.3 Å². The van der Waals surface area contributed by atoms with Gasteiger partial charge in [-0.3, -0.25) is 9.10 Å². The predicted octanol–water partition coefficient (Wildman–Crippen LogP) is 2.34. The molecule has 1 unspecified atom stereocenters. The first kappa shape index (κ1) is 18.8. The van der Waals surface area contributed by atoms with Gasteiger partial charge in [0.25, 0.3) is 0 Å². The Kier molecular flexibility index (Phi) is 5.69. The number of para-hydroxylation sites is 1. The van der Waals surface area contributed by atoms with Gasteiger partial charge in [-0.05, 0) is 43.2 Å². The van der Waals surface area contributed by atoms with Gasteiger partial charge < -0.3 is 10.4 Å². The number of aryl methyl sites for hydroxylation is 1. The zero-order chi connectivity index (χ0) is 18.6. The molecular formula is C18H22N2O4S. The Labute approximate surface area is 148 Å². The summed E-state index contributed by atoms with van der Waals surface area (Å²) in [5.41, 5.74) is 1.97. The minimum Gasteiger partial charge on any atom is -0.508 e. The quantitative estimate of drug-likeness (QED) is 0.826. The second-order valence-corrected chi connectivity index (χ2v) is 7.85. The second-order valence-electron chi connectivity index (χ2n) is 5.94. The standard InChI is InChI=1S/C18H22N2O4S/c1-13-7-4-5-10-17(13)20(25(3,23)24)12-18(22)19-14(2)15-8-6-9-16(21)11-15/h4-11,14,21H,12H2,1-3H3,(H,19,22). The molecule has 7 heteroatoms. The number of hydrogen-bond donors (Lipinski definition) is 2. The van der Waals surface area contributed by atoms with Crippen molar-refractivity contribution in [1.82, 2.24) is 5.32 Å². The Morgan fingerprint density at radius 3 is 2.48 bits per heavy atom. The van der Waals surface area contributed by atoms with Crippen molar-refractivity contribution < 1.29 is 18.3 Å². The lowest BCUT2D eigenvalue weighted by Gasteiger charge is -2.24. The molecule has 1 amide bonds. The predicted molar refractivity (Wildman–Crippen MR) is 98.0 cm³/mol. The van der Waals surface area contributed by atoms with Crippen LogP contribution in [0.25, 0.3) is 0 Å². The van der Waals surface area contributed by atoms with Crippen molar-refractivity contribution in [3.05, 3.63) is 59.7 Å². The summed E-state index contributed by atoms with van der Waals surface area (Å²) < 4.78 is 25.4. The topological polar surface area (TPSA) is 86.7 Å². The molecular weight excluding hydrogens is 340 g/mol. The lowest BCUT2D eigenvalue weighted by Crippen LogP contribution is -2.41. The maximum Gasteiger partial charge on any atom is 0.241 e. The lowest BCUT2D eigenvalue weighted by molar-refractivity contribution is -0.120. The molecule has 134 valence electrons. The maximum absolute atomic E-state index is 12.4. The molecule has 2 rings (SSSR count). The van der Waals surface area contributed by atoms with Crippen LogP contribution in [0, 0.1) is 6.92 Å². The molecule has 2 aromatic carbocycles. The van der Waals surface area contributed by atoms with Crippen LogP contribution in [0.3, 0.4) is 0 Å². The molecule has 0 bridgehead atoms. The molecule has 0 heterocycles. The van der Waals surface area contributed by atoms with E-state index in [4.69, 9.17) is 0 Å². The van der Waals surface area contributed by atoms with Crippen LogP contribution in [0.15, 0.2) is 48.5 Å². The van der Waals surface area contributed by atoms with Gasteiger partial charge in [0.2, 0.25) is 15.9 Å². The van der Waals surface area contributed by atoms with Gasteiger partial charge in [0.05, 0.1) is 18.0 Å². The average molecular weight is 362 g/mol. The van der Waals surface area contributed by atoms with E-state index in [0.717, 1.165) is 21.7 Å². The number of carbonyl (C=O) groups is 1. The number of anilines is 1. The van der Waals surface area contributed by atoms with Crippen LogP contribution in [-0.4, -0.2) is 32.2 Å². The normalized spacial score (nSPS) is 12.4. The van der Waals surface area contributed by atoms with Gasteiger partial charge in [0, 0.05) is 0 Å². The third kappa shape index (κ3) is 4.96. The SMILES string of the molecule is Cc1ccccc1N(CC(=O)NC(C)c1cccc(O)c1)S(C)(=O)=O. The maximum atomic E-state index is 12.4. The Morgan fingerprint density at radius 2 is 1.88 bits per heavy atom. The Hall–Kier alpha value is -2.54. The van der Waals surface area contributed by atoms with Crippen molar-refractivity contribution >= 4 is 21.6 Å². The summed E-state index contributed by atoms with van der Waals surface area (Å²) in [7, 11) is -3.61. The molecule has 0 aromatic heterocycles. The monoisotopic (exact) mass is 362 g/mol. The van der Waals surface area contributed by atoms with E-state index in [1.54, 1.807) is 56.3 Å². The first-order valence-corrected chi connectivity index (χ1v) is 9.65. The largest absolute Gasteiger partial charge is 0.508 e. The highest BCUT2D eigenvalue weighted by atomic mass is 32.2. The van der Waals surface area contributed by atoms with E-state index in [0.29, 0.717) is 5.69 Å². The number of hydrogen-bond acceptors (Lipinski definition) is 4. The summed E-state index contributed by atoms with van der Waals surface area (Å²) in [4.78, 5) is 12.4. The van der Waals surface area contributed by atoms with Gasteiger partial charge in [0.15, 0.2) is 0 Å². The minimum atomic E-state index is -3.61. The Morgan fingerprint density at radius 1 is 1.20 bits per heavy atom. The summed E-state index contributed by atoms with van der Waals surface area (Å²) in [6.45, 7) is 3.25. The van der Waals surface area contributed by atoms with E-state index in [9.17, 15) is 18.3 Å². The molecule has 2 N–H and O–H groups in total. The fourth-order valence-corrected chi connectivity index (χ4v) is 3.43. The van der Waals surface area contributed by atoms with E-state index in [-0.39, 0.29) is 18.3 Å².